The van der Waals surface area contributed by atoms with E-state index in [4.69, 9.17) is 5.26 Å². The molecule has 2 N–H and O–H groups in total. The van der Waals surface area contributed by atoms with E-state index < -0.39 is 0 Å². The number of carbonyl (C=O) groups excluding carboxylic acids is 1. The number of anilines is 2. The van der Waals surface area contributed by atoms with Crippen molar-refractivity contribution in [2.45, 2.75) is 44.6 Å². The molecule has 0 saturated heterocycles. The van der Waals surface area contributed by atoms with Gasteiger partial charge in [0.1, 0.15) is 5.82 Å². The Hall–Kier alpha value is -2.94. The minimum atomic E-state index is -0.344. The molecule has 1 heterocycles. The molecule has 1 aromatic carbocycles. The lowest BCUT2D eigenvalue weighted by Crippen LogP contribution is -2.20. The summed E-state index contributed by atoms with van der Waals surface area (Å²) in [5, 5.41) is 23.2. The molecular formula is C19H21N5O. The highest BCUT2D eigenvalue weighted by Gasteiger charge is 2.14. The fourth-order valence-electron chi connectivity index (χ4n) is 3.02. The molecule has 1 saturated carbocycles. The summed E-state index contributed by atoms with van der Waals surface area (Å²) in [4.78, 5) is 12.2. The van der Waals surface area contributed by atoms with Crippen LogP contribution in [0.25, 0.3) is 0 Å². The van der Waals surface area contributed by atoms with E-state index in [1.165, 1.54) is 25.7 Å². The molecule has 6 heteroatoms. The maximum atomic E-state index is 12.2. The fourth-order valence-corrected chi connectivity index (χ4v) is 3.02. The second kappa shape index (κ2) is 8.25. The van der Waals surface area contributed by atoms with Crippen molar-refractivity contribution in [1.82, 2.24) is 10.2 Å². The van der Waals surface area contributed by atoms with Gasteiger partial charge in [0, 0.05) is 11.7 Å². The first-order valence-corrected chi connectivity index (χ1v) is 8.66. The third-order valence-electron chi connectivity index (χ3n) is 4.35. The smallest absolute Gasteiger partial charge is 0.276 e. The summed E-state index contributed by atoms with van der Waals surface area (Å²) >= 11 is 0. The number of nitrogens with zero attached hydrogens (tertiary/aromatic N) is 3. The SMILES string of the molecule is N#Cc1cccc(NC(=O)c2ccc(NC3CCCCCC3)nn2)c1. The van der Waals surface area contributed by atoms with Crippen LogP contribution < -0.4 is 10.6 Å². The molecule has 1 fully saturated rings. The van der Waals surface area contributed by atoms with Crippen molar-refractivity contribution in [1.29, 1.82) is 5.26 Å². The van der Waals surface area contributed by atoms with E-state index in [1.54, 1.807) is 36.4 Å². The average molecular weight is 335 g/mol. The summed E-state index contributed by atoms with van der Waals surface area (Å²) in [6.45, 7) is 0. The molecular weight excluding hydrogens is 314 g/mol. The van der Waals surface area contributed by atoms with E-state index in [-0.39, 0.29) is 11.6 Å². The van der Waals surface area contributed by atoms with E-state index in [2.05, 4.69) is 20.8 Å². The van der Waals surface area contributed by atoms with Crippen LogP contribution in [-0.2, 0) is 0 Å². The predicted octanol–water partition coefficient (Wildman–Crippen LogP) is 3.74. The van der Waals surface area contributed by atoms with Crippen molar-refractivity contribution in [3.63, 3.8) is 0 Å². The van der Waals surface area contributed by atoms with E-state index in [0.717, 1.165) is 12.8 Å². The Morgan fingerprint density at radius 1 is 1.08 bits per heavy atom. The van der Waals surface area contributed by atoms with Crippen LogP contribution in [0.4, 0.5) is 11.5 Å². The van der Waals surface area contributed by atoms with Crippen LogP contribution in [-0.4, -0.2) is 22.1 Å². The first kappa shape index (κ1) is 16.9. The highest BCUT2D eigenvalue weighted by molar-refractivity contribution is 6.02. The number of hydrogen-bond donors (Lipinski definition) is 2. The summed E-state index contributed by atoms with van der Waals surface area (Å²) in [5.41, 5.74) is 1.30. The maximum absolute atomic E-state index is 12.2. The number of rotatable bonds is 4. The van der Waals surface area contributed by atoms with Crippen molar-refractivity contribution in [3.8, 4) is 6.07 Å². The van der Waals surface area contributed by atoms with Crippen LogP contribution in [0.5, 0.6) is 0 Å². The van der Waals surface area contributed by atoms with Gasteiger partial charge in [0.15, 0.2) is 5.69 Å². The minimum Gasteiger partial charge on any atom is -0.366 e. The van der Waals surface area contributed by atoms with E-state index in [1.807, 2.05) is 6.07 Å². The first-order valence-electron chi connectivity index (χ1n) is 8.66. The Bertz CT molecular complexity index is 758. The zero-order valence-electron chi connectivity index (χ0n) is 14.0. The average Bonchev–Trinajstić information content (AvgIpc) is 2.91. The summed E-state index contributed by atoms with van der Waals surface area (Å²) in [6.07, 6.45) is 7.39. The van der Waals surface area contributed by atoms with Gasteiger partial charge in [-0.2, -0.15) is 5.26 Å². The zero-order valence-corrected chi connectivity index (χ0v) is 14.0. The molecule has 0 spiro atoms. The quantitative estimate of drug-likeness (QED) is 0.831. The Morgan fingerprint density at radius 3 is 2.56 bits per heavy atom. The largest absolute Gasteiger partial charge is 0.366 e. The lowest BCUT2D eigenvalue weighted by atomic mass is 10.1. The van der Waals surface area contributed by atoms with Crippen LogP contribution in [0.3, 0.4) is 0 Å². The lowest BCUT2D eigenvalue weighted by molar-refractivity contribution is 0.102. The Morgan fingerprint density at radius 2 is 1.88 bits per heavy atom. The molecule has 0 bridgehead atoms. The van der Waals surface area contributed by atoms with Gasteiger partial charge < -0.3 is 10.6 Å². The van der Waals surface area contributed by atoms with Gasteiger partial charge in [0.25, 0.3) is 5.91 Å². The molecule has 25 heavy (non-hydrogen) atoms. The molecule has 2 aromatic rings. The number of benzene rings is 1. The monoisotopic (exact) mass is 335 g/mol. The Balaban J connectivity index is 1.61. The number of amides is 1. The van der Waals surface area contributed by atoms with Crippen LogP contribution in [0.15, 0.2) is 36.4 Å². The highest BCUT2D eigenvalue weighted by Crippen LogP contribution is 2.20. The first-order chi connectivity index (χ1) is 12.2. The molecule has 1 aromatic heterocycles. The fraction of sp³-hybridized carbons (Fsp3) is 0.368. The van der Waals surface area contributed by atoms with Gasteiger partial charge >= 0.3 is 0 Å². The standard InChI is InChI=1S/C19H21N5O/c20-13-14-6-5-9-16(12-14)22-19(25)17-10-11-18(24-23-17)21-15-7-3-1-2-4-8-15/h5-6,9-12,15H,1-4,7-8H2,(H,21,24)(H,22,25). The van der Waals surface area contributed by atoms with Crippen molar-refractivity contribution < 1.29 is 4.79 Å². The van der Waals surface area contributed by atoms with Crippen molar-refractivity contribution in [3.05, 3.63) is 47.7 Å². The second-order valence-electron chi connectivity index (χ2n) is 6.28. The highest BCUT2D eigenvalue weighted by atomic mass is 16.1. The van der Waals surface area contributed by atoms with E-state index in [0.29, 0.717) is 23.1 Å². The zero-order chi connectivity index (χ0) is 17.5. The third kappa shape index (κ3) is 4.77. The number of aromatic nitrogens is 2. The Labute approximate surface area is 147 Å². The number of carbonyl (C=O) groups is 1. The maximum Gasteiger partial charge on any atom is 0.276 e. The third-order valence-corrected chi connectivity index (χ3v) is 4.35. The van der Waals surface area contributed by atoms with E-state index >= 15 is 0 Å². The summed E-state index contributed by atoms with van der Waals surface area (Å²) < 4.78 is 0. The van der Waals surface area contributed by atoms with Gasteiger partial charge in [-0.3, -0.25) is 4.79 Å². The van der Waals surface area contributed by atoms with Crippen molar-refractivity contribution in [2.24, 2.45) is 0 Å². The normalized spacial score (nSPS) is 15.0. The van der Waals surface area contributed by atoms with Gasteiger partial charge in [-0.05, 0) is 43.2 Å². The lowest BCUT2D eigenvalue weighted by Gasteiger charge is -2.16. The van der Waals surface area contributed by atoms with Gasteiger partial charge in [0.05, 0.1) is 11.6 Å². The van der Waals surface area contributed by atoms with Crippen LogP contribution >= 0.6 is 0 Å². The molecule has 128 valence electrons. The van der Waals surface area contributed by atoms with Gasteiger partial charge in [-0.25, -0.2) is 0 Å². The number of nitrogens with one attached hydrogen (secondary N) is 2. The Kier molecular flexibility index (Phi) is 5.57. The summed E-state index contributed by atoms with van der Waals surface area (Å²) in [5.74, 6) is 0.360. The molecule has 1 aliphatic carbocycles. The topological polar surface area (TPSA) is 90.7 Å². The van der Waals surface area contributed by atoms with Crippen LogP contribution in [0.1, 0.15) is 54.6 Å². The molecule has 0 aliphatic heterocycles. The van der Waals surface area contributed by atoms with Gasteiger partial charge in [-0.1, -0.05) is 31.7 Å². The molecule has 0 unspecified atom stereocenters. The number of nitriles is 1. The minimum absolute atomic E-state index is 0.244. The van der Waals surface area contributed by atoms with E-state index in [9.17, 15) is 4.79 Å². The van der Waals surface area contributed by atoms with Crippen LogP contribution in [0, 0.1) is 11.3 Å². The van der Waals surface area contributed by atoms with Gasteiger partial charge in [-0.15, -0.1) is 10.2 Å². The van der Waals surface area contributed by atoms with Gasteiger partial charge in [0.2, 0.25) is 0 Å². The molecule has 6 nitrogen and oxygen atoms in total. The summed E-state index contributed by atoms with van der Waals surface area (Å²) in [7, 11) is 0. The molecule has 0 atom stereocenters. The number of hydrogen-bond acceptors (Lipinski definition) is 5. The molecule has 0 radical (unpaired) electrons. The van der Waals surface area contributed by atoms with Crippen molar-refractivity contribution >= 4 is 17.4 Å². The molecule has 1 aliphatic rings. The molecule has 1 amide bonds. The summed E-state index contributed by atoms with van der Waals surface area (Å²) in [6, 6.07) is 12.7. The second-order valence-corrected chi connectivity index (χ2v) is 6.28. The molecule has 3 rings (SSSR count). The van der Waals surface area contributed by atoms with Crippen molar-refractivity contribution in [2.75, 3.05) is 10.6 Å². The predicted molar refractivity (Wildman–Crippen MR) is 96.3 cm³/mol. The van der Waals surface area contributed by atoms with Crippen LogP contribution in [0.2, 0.25) is 0 Å².